The van der Waals surface area contributed by atoms with E-state index in [4.69, 9.17) is 28.3 Å². The molecule has 1 atom stereocenters. The molecule has 23 heavy (non-hydrogen) atoms. The molecule has 1 unspecified atom stereocenters. The predicted molar refractivity (Wildman–Crippen MR) is 76.6 cm³/mol. The van der Waals surface area contributed by atoms with E-state index in [0.717, 1.165) is 0 Å². The Bertz CT molecular complexity index is 561. The molecule has 1 amide bonds. The number of carbonyl (C=O) groups excluding carboxylic acids is 1. The summed E-state index contributed by atoms with van der Waals surface area (Å²) in [5, 5.41) is 11.7. The van der Waals surface area contributed by atoms with Crippen molar-refractivity contribution in [3.63, 3.8) is 0 Å². The van der Waals surface area contributed by atoms with Crippen molar-refractivity contribution in [2.75, 3.05) is 13.2 Å². The Kier molecular flexibility index (Phi) is 7.11. The van der Waals surface area contributed by atoms with Gasteiger partial charge in [-0.3, -0.25) is 4.79 Å². The molecule has 10 heteroatoms. The third-order valence-corrected chi connectivity index (χ3v) is 2.93. The van der Waals surface area contributed by atoms with Crippen molar-refractivity contribution in [1.29, 1.82) is 0 Å². The van der Waals surface area contributed by atoms with Crippen LogP contribution < -0.4 is 5.32 Å². The minimum atomic E-state index is -4.57. The summed E-state index contributed by atoms with van der Waals surface area (Å²) in [4.78, 5) is 22.6. The van der Waals surface area contributed by atoms with E-state index < -0.39 is 37.3 Å². The molecule has 0 saturated heterocycles. The number of carboxylic acids is 1. The molecule has 0 aliphatic carbocycles. The van der Waals surface area contributed by atoms with Crippen LogP contribution in [0.2, 0.25) is 10.0 Å². The van der Waals surface area contributed by atoms with Gasteiger partial charge in [0.05, 0.1) is 0 Å². The molecule has 0 aromatic heterocycles. The number of hydrogen-bond acceptors (Lipinski definition) is 3. The fraction of sp³-hybridized carbons (Fsp3) is 0.385. The summed E-state index contributed by atoms with van der Waals surface area (Å²) >= 11 is 11.6. The summed E-state index contributed by atoms with van der Waals surface area (Å²) < 4.78 is 39.8. The first-order valence-electron chi connectivity index (χ1n) is 6.18. The van der Waals surface area contributed by atoms with Gasteiger partial charge in [-0.2, -0.15) is 13.2 Å². The average Bonchev–Trinajstić information content (AvgIpc) is 2.34. The number of amides is 1. The van der Waals surface area contributed by atoms with Gasteiger partial charge in [0, 0.05) is 16.5 Å². The molecule has 0 fully saturated rings. The highest BCUT2D eigenvalue weighted by Gasteiger charge is 2.28. The summed E-state index contributed by atoms with van der Waals surface area (Å²) in [6.07, 6.45) is -4.70. The van der Waals surface area contributed by atoms with E-state index in [1.807, 2.05) is 0 Å². The number of ether oxygens (including phenoxy) is 1. The molecule has 0 radical (unpaired) electrons. The lowest BCUT2D eigenvalue weighted by Gasteiger charge is -2.15. The molecule has 0 spiro atoms. The zero-order valence-corrected chi connectivity index (χ0v) is 13.0. The number of benzene rings is 1. The number of rotatable bonds is 7. The molecular weight excluding hydrogens is 362 g/mol. The molecule has 0 saturated carbocycles. The number of aliphatic carboxylic acids is 1. The Morgan fingerprint density at radius 1 is 1.22 bits per heavy atom. The van der Waals surface area contributed by atoms with Crippen LogP contribution in [-0.4, -0.2) is 42.4 Å². The largest absolute Gasteiger partial charge is 0.480 e. The first-order chi connectivity index (χ1) is 10.6. The molecule has 2 N–H and O–H groups in total. The summed E-state index contributed by atoms with van der Waals surface area (Å²) in [5.41, 5.74) is 0.450. The zero-order chi connectivity index (χ0) is 17.6. The van der Waals surface area contributed by atoms with E-state index in [-0.39, 0.29) is 16.5 Å². The smallest absolute Gasteiger partial charge is 0.411 e. The van der Waals surface area contributed by atoms with E-state index in [2.05, 4.69) is 10.1 Å². The van der Waals surface area contributed by atoms with Gasteiger partial charge < -0.3 is 15.2 Å². The third kappa shape index (κ3) is 8.06. The highest BCUT2D eigenvalue weighted by molar-refractivity contribution is 6.34. The van der Waals surface area contributed by atoms with Crippen LogP contribution in [0.4, 0.5) is 13.2 Å². The van der Waals surface area contributed by atoms with Gasteiger partial charge in [-0.05, 0) is 23.8 Å². The topological polar surface area (TPSA) is 75.6 Å². The molecule has 1 aromatic carbocycles. The van der Waals surface area contributed by atoms with Gasteiger partial charge in [0.1, 0.15) is 19.3 Å². The molecule has 0 heterocycles. The molecule has 0 aliphatic rings. The van der Waals surface area contributed by atoms with Crippen LogP contribution >= 0.6 is 23.2 Å². The van der Waals surface area contributed by atoms with Crippen molar-refractivity contribution in [1.82, 2.24) is 5.32 Å². The van der Waals surface area contributed by atoms with Crippen molar-refractivity contribution in [3.8, 4) is 0 Å². The number of hydrogen-bond donors (Lipinski definition) is 2. The molecular formula is C13H12Cl2F3NO4. The van der Waals surface area contributed by atoms with Crippen molar-refractivity contribution >= 4 is 35.1 Å². The Hall–Kier alpha value is -1.51. The predicted octanol–water partition coefficient (Wildman–Crippen LogP) is 2.68. The lowest BCUT2D eigenvalue weighted by Crippen LogP contribution is -2.44. The van der Waals surface area contributed by atoms with Gasteiger partial charge in [-0.1, -0.05) is 23.2 Å². The fourth-order valence-corrected chi connectivity index (χ4v) is 2.23. The number of nitrogens with one attached hydrogen (secondary N) is 1. The first kappa shape index (κ1) is 19.5. The summed E-state index contributed by atoms with van der Waals surface area (Å²) in [6.45, 7) is -2.50. The molecule has 5 nitrogen and oxygen atoms in total. The quantitative estimate of drug-likeness (QED) is 0.770. The maximum atomic E-state index is 11.9. The summed E-state index contributed by atoms with van der Waals surface area (Å²) in [7, 11) is 0. The van der Waals surface area contributed by atoms with E-state index in [9.17, 15) is 22.8 Å². The lowest BCUT2D eigenvalue weighted by molar-refractivity contribution is -0.176. The monoisotopic (exact) mass is 373 g/mol. The van der Waals surface area contributed by atoms with Crippen molar-refractivity contribution in [2.24, 2.45) is 0 Å². The standard InChI is InChI=1S/C13H12Cl2F3NO4/c14-8-1-7(2-9(15)4-8)3-10(12(21)22)19-11(20)5-23-6-13(16,17)18/h1-2,4,10H,3,5-6H2,(H,19,20)(H,21,22). The molecule has 0 aliphatic heterocycles. The second-order valence-corrected chi connectivity index (χ2v) is 5.42. The Morgan fingerprint density at radius 3 is 2.26 bits per heavy atom. The van der Waals surface area contributed by atoms with Crippen molar-refractivity contribution in [3.05, 3.63) is 33.8 Å². The zero-order valence-electron chi connectivity index (χ0n) is 11.5. The Labute approximate surface area is 139 Å². The van der Waals surface area contributed by atoms with E-state index in [1.165, 1.54) is 18.2 Å². The summed E-state index contributed by atoms with van der Waals surface area (Å²) in [5.74, 6) is -2.33. The maximum absolute atomic E-state index is 11.9. The van der Waals surface area contributed by atoms with Gasteiger partial charge >= 0.3 is 12.1 Å². The van der Waals surface area contributed by atoms with Crippen LogP contribution in [-0.2, 0) is 20.7 Å². The normalized spacial score (nSPS) is 12.7. The van der Waals surface area contributed by atoms with Crippen molar-refractivity contribution < 1.29 is 32.6 Å². The Morgan fingerprint density at radius 2 is 1.78 bits per heavy atom. The van der Waals surface area contributed by atoms with Crippen LogP contribution in [0, 0.1) is 0 Å². The fourth-order valence-electron chi connectivity index (χ4n) is 1.66. The minimum absolute atomic E-state index is 0.138. The second-order valence-electron chi connectivity index (χ2n) is 4.55. The molecule has 0 bridgehead atoms. The van der Waals surface area contributed by atoms with Gasteiger partial charge in [0.2, 0.25) is 5.91 Å². The molecule has 128 valence electrons. The highest BCUT2D eigenvalue weighted by Crippen LogP contribution is 2.20. The highest BCUT2D eigenvalue weighted by atomic mass is 35.5. The van der Waals surface area contributed by atoms with E-state index in [0.29, 0.717) is 5.56 Å². The minimum Gasteiger partial charge on any atom is -0.480 e. The van der Waals surface area contributed by atoms with Crippen LogP contribution in [0.15, 0.2) is 18.2 Å². The number of carboxylic acid groups (broad SMARTS) is 1. The molecule has 1 aromatic rings. The van der Waals surface area contributed by atoms with Gasteiger partial charge in [-0.15, -0.1) is 0 Å². The van der Waals surface area contributed by atoms with Crippen LogP contribution in [0.5, 0.6) is 0 Å². The van der Waals surface area contributed by atoms with E-state index >= 15 is 0 Å². The van der Waals surface area contributed by atoms with Gasteiger partial charge in [-0.25, -0.2) is 4.79 Å². The number of alkyl halides is 3. The average molecular weight is 374 g/mol. The van der Waals surface area contributed by atoms with Gasteiger partial charge in [0.15, 0.2) is 0 Å². The Balaban J connectivity index is 2.61. The van der Waals surface area contributed by atoms with Gasteiger partial charge in [0.25, 0.3) is 0 Å². The third-order valence-electron chi connectivity index (χ3n) is 2.49. The number of carbonyl (C=O) groups is 2. The summed E-state index contributed by atoms with van der Waals surface area (Å²) in [6, 6.07) is 3.03. The SMILES string of the molecule is O=C(COCC(F)(F)F)NC(Cc1cc(Cl)cc(Cl)c1)C(=O)O. The maximum Gasteiger partial charge on any atom is 0.411 e. The van der Waals surface area contributed by atoms with Crippen molar-refractivity contribution in [2.45, 2.75) is 18.6 Å². The first-order valence-corrected chi connectivity index (χ1v) is 6.94. The van der Waals surface area contributed by atoms with Crippen LogP contribution in [0.25, 0.3) is 0 Å². The van der Waals surface area contributed by atoms with E-state index in [1.54, 1.807) is 0 Å². The number of halogens is 5. The second kappa shape index (κ2) is 8.37. The van der Waals surface area contributed by atoms with Crippen LogP contribution in [0.3, 0.4) is 0 Å². The molecule has 1 rings (SSSR count). The lowest BCUT2D eigenvalue weighted by atomic mass is 10.1. The van der Waals surface area contributed by atoms with Crippen LogP contribution in [0.1, 0.15) is 5.56 Å².